The number of Topliss-reactive ketones (excluding diaryl/α,β-unsaturated/α-hetero) is 1. The van der Waals surface area contributed by atoms with Crippen molar-refractivity contribution in [1.82, 2.24) is 5.32 Å². The van der Waals surface area contributed by atoms with Gasteiger partial charge < -0.3 is 10.2 Å². The highest BCUT2D eigenvalue weighted by Crippen LogP contribution is 2.23. The Morgan fingerprint density at radius 3 is 2.47 bits per heavy atom. The van der Waals surface area contributed by atoms with E-state index in [4.69, 9.17) is 0 Å². The second-order valence-corrected chi connectivity index (χ2v) is 4.08. The monoisotopic (exact) mass is 240 g/mol. The van der Waals surface area contributed by atoms with Crippen LogP contribution in [-0.2, 0) is 0 Å². The number of nitrogens with zero attached hydrogens (tertiary/aromatic N) is 1. The molecule has 0 aliphatic carbocycles. The molecule has 0 amide bonds. The first kappa shape index (κ1) is 12.0. The molecule has 1 fully saturated rings. The molecule has 2 rings (SSSR count). The van der Waals surface area contributed by atoms with E-state index in [1.54, 1.807) is 4.90 Å². The molecule has 17 heavy (non-hydrogen) atoms. The fourth-order valence-electron chi connectivity index (χ4n) is 1.95. The Labute approximate surface area is 98.4 Å². The molecule has 1 aromatic rings. The van der Waals surface area contributed by atoms with Crippen LogP contribution in [0.4, 0.5) is 14.5 Å². The number of hydrogen-bond donors (Lipinski definition) is 1. The Morgan fingerprint density at radius 2 is 1.88 bits per heavy atom. The number of carbonyl (C=O) groups is 1. The third-order valence-corrected chi connectivity index (χ3v) is 2.87. The summed E-state index contributed by atoms with van der Waals surface area (Å²) >= 11 is 0. The van der Waals surface area contributed by atoms with Crippen molar-refractivity contribution in [1.29, 1.82) is 0 Å². The summed E-state index contributed by atoms with van der Waals surface area (Å²) < 4.78 is 27.4. The quantitative estimate of drug-likeness (QED) is 0.796. The van der Waals surface area contributed by atoms with Gasteiger partial charge in [0.05, 0.1) is 11.3 Å². The van der Waals surface area contributed by atoms with Gasteiger partial charge in [0.2, 0.25) is 0 Å². The number of benzene rings is 1. The maximum absolute atomic E-state index is 13.8. The summed E-state index contributed by atoms with van der Waals surface area (Å²) in [7, 11) is 0. The van der Waals surface area contributed by atoms with Crippen LogP contribution in [0.5, 0.6) is 0 Å². The molecular weight excluding hydrogens is 226 g/mol. The van der Waals surface area contributed by atoms with Crippen LogP contribution in [0.2, 0.25) is 0 Å². The number of nitrogens with one attached hydrogen (secondary N) is 1. The zero-order valence-electron chi connectivity index (χ0n) is 9.59. The van der Waals surface area contributed by atoms with Crippen LogP contribution < -0.4 is 10.2 Å². The van der Waals surface area contributed by atoms with Gasteiger partial charge in [-0.3, -0.25) is 4.79 Å². The highest BCUT2D eigenvalue weighted by molar-refractivity contribution is 5.94. The molecule has 1 aliphatic heterocycles. The topological polar surface area (TPSA) is 32.3 Å². The summed E-state index contributed by atoms with van der Waals surface area (Å²) in [5, 5.41) is 3.14. The van der Waals surface area contributed by atoms with Gasteiger partial charge in [0.15, 0.2) is 5.78 Å². The molecule has 0 unspecified atom stereocenters. The summed E-state index contributed by atoms with van der Waals surface area (Å²) in [6, 6.07) is 2.09. The van der Waals surface area contributed by atoms with Gasteiger partial charge in [0.1, 0.15) is 11.6 Å². The largest absolute Gasteiger partial charge is 0.367 e. The summed E-state index contributed by atoms with van der Waals surface area (Å²) in [5.41, 5.74) is 0.0374. The fourth-order valence-corrected chi connectivity index (χ4v) is 1.95. The van der Waals surface area contributed by atoms with Crippen molar-refractivity contribution in [3.63, 3.8) is 0 Å². The average Bonchev–Trinajstić information content (AvgIpc) is 2.32. The van der Waals surface area contributed by atoms with Crippen molar-refractivity contribution in [2.75, 3.05) is 31.1 Å². The van der Waals surface area contributed by atoms with Crippen LogP contribution in [0.3, 0.4) is 0 Å². The standard InChI is InChI=1S/C12H14F2N2O/c1-8(17)9-6-11(14)12(7-10(9)13)16-4-2-15-3-5-16/h6-7,15H,2-5H2,1H3. The molecule has 0 radical (unpaired) electrons. The molecule has 5 heteroatoms. The van der Waals surface area contributed by atoms with Crippen molar-refractivity contribution in [2.45, 2.75) is 6.92 Å². The Morgan fingerprint density at radius 1 is 1.24 bits per heavy atom. The van der Waals surface area contributed by atoms with Crippen molar-refractivity contribution in [3.05, 3.63) is 29.3 Å². The van der Waals surface area contributed by atoms with Gasteiger partial charge in [-0.1, -0.05) is 0 Å². The van der Waals surface area contributed by atoms with E-state index >= 15 is 0 Å². The second-order valence-electron chi connectivity index (χ2n) is 4.08. The zero-order valence-corrected chi connectivity index (χ0v) is 9.59. The van der Waals surface area contributed by atoms with Gasteiger partial charge in [-0.25, -0.2) is 8.78 Å². The van der Waals surface area contributed by atoms with E-state index in [1.165, 1.54) is 6.92 Å². The first-order valence-corrected chi connectivity index (χ1v) is 5.55. The van der Waals surface area contributed by atoms with Crippen LogP contribution in [0.25, 0.3) is 0 Å². The van der Waals surface area contributed by atoms with Crippen LogP contribution in [-0.4, -0.2) is 32.0 Å². The van der Waals surface area contributed by atoms with E-state index in [0.717, 1.165) is 25.2 Å². The third kappa shape index (κ3) is 2.44. The molecule has 0 atom stereocenters. The summed E-state index contributed by atoms with van der Waals surface area (Å²) in [5.74, 6) is -1.67. The number of carbonyl (C=O) groups excluding carboxylic acids is 1. The lowest BCUT2D eigenvalue weighted by Gasteiger charge is -2.29. The molecule has 0 saturated carbocycles. The SMILES string of the molecule is CC(=O)c1cc(F)c(N2CCNCC2)cc1F. The lowest BCUT2D eigenvalue weighted by Crippen LogP contribution is -2.44. The van der Waals surface area contributed by atoms with Gasteiger partial charge in [-0.2, -0.15) is 0 Å². The minimum atomic E-state index is -0.660. The Bertz CT molecular complexity index is 442. The van der Waals surface area contributed by atoms with E-state index in [0.29, 0.717) is 13.1 Å². The molecule has 1 N–H and O–H groups in total. The summed E-state index contributed by atoms with van der Waals surface area (Å²) in [4.78, 5) is 12.9. The lowest BCUT2D eigenvalue weighted by atomic mass is 10.1. The Kier molecular flexibility index (Phi) is 3.38. The molecule has 3 nitrogen and oxygen atoms in total. The normalized spacial score (nSPS) is 16.1. The first-order valence-electron chi connectivity index (χ1n) is 5.55. The van der Waals surface area contributed by atoms with E-state index < -0.39 is 17.4 Å². The maximum atomic E-state index is 13.8. The van der Waals surface area contributed by atoms with Crippen LogP contribution in [0, 0.1) is 11.6 Å². The molecule has 0 bridgehead atoms. The predicted octanol–water partition coefficient (Wildman–Crippen LogP) is 1.58. The summed E-state index contributed by atoms with van der Waals surface area (Å²) in [6.07, 6.45) is 0. The van der Waals surface area contributed by atoms with Gasteiger partial charge in [0, 0.05) is 32.2 Å². The minimum absolute atomic E-state index is 0.193. The lowest BCUT2D eigenvalue weighted by molar-refractivity contribution is 0.101. The van der Waals surface area contributed by atoms with E-state index in [2.05, 4.69) is 5.32 Å². The fraction of sp³-hybridized carbons (Fsp3) is 0.417. The van der Waals surface area contributed by atoms with Gasteiger partial charge in [-0.15, -0.1) is 0 Å². The van der Waals surface area contributed by atoms with Gasteiger partial charge >= 0.3 is 0 Å². The highest BCUT2D eigenvalue weighted by Gasteiger charge is 2.18. The van der Waals surface area contributed by atoms with Gasteiger partial charge in [0.25, 0.3) is 0 Å². The molecule has 0 aromatic heterocycles. The molecule has 0 spiro atoms. The second kappa shape index (κ2) is 4.79. The number of anilines is 1. The molecule has 92 valence electrons. The smallest absolute Gasteiger partial charge is 0.162 e. The maximum Gasteiger partial charge on any atom is 0.162 e. The average molecular weight is 240 g/mol. The number of hydrogen-bond acceptors (Lipinski definition) is 3. The minimum Gasteiger partial charge on any atom is -0.367 e. The zero-order chi connectivity index (χ0) is 12.4. The van der Waals surface area contributed by atoms with Crippen LogP contribution >= 0.6 is 0 Å². The number of rotatable bonds is 2. The van der Waals surface area contributed by atoms with Gasteiger partial charge in [-0.05, 0) is 13.0 Å². The van der Waals surface area contributed by atoms with Crippen molar-refractivity contribution in [3.8, 4) is 0 Å². The Balaban J connectivity index is 2.35. The van der Waals surface area contributed by atoms with E-state index in [1.807, 2.05) is 0 Å². The summed E-state index contributed by atoms with van der Waals surface area (Å²) in [6.45, 7) is 3.99. The molecule has 1 heterocycles. The van der Waals surface area contributed by atoms with E-state index in [9.17, 15) is 13.6 Å². The van der Waals surface area contributed by atoms with Crippen LogP contribution in [0.1, 0.15) is 17.3 Å². The number of ketones is 1. The highest BCUT2D eigenvalue weighted by atomic mass is 19.1. The molecular formula is C12H14F2N2O. The third-order valence-electron chi connectivity index (χ3n) is 2.87. The van der Waals surface area contributed by atoms with Crippen molar-refractivity contribution < 1.29 is 13.6 Å². The van der Waals surface area contributed by atoms with Crippen molar-refractivity contribution in [2.24, 2.45) is 0 Å². The number of halogens is 2. The molecule has 1 aliphatic rings. The Hall–Kier alpha value is -1.49. The molecule has 1 saturated heterocycles. The molecule has 1 aromatic carbocycles. The van der Waals surface area contributed by atoms with E-state index in [-0.39, 0.29) is 11.3 Å². The predicted molar refractivity (Wildman–Crippen MR) is 61.4 cm³/mol. The number of piperazine rings is 1. The first-order chi connectivity index (χ1) is 8.09. The van der Waals surface area contributed by atoms with Crippen molar-refractivity contribution >= 4 is 11.5 Å². The van der Waals surface area contributed by atoms with Crippen LogP contribution in [0.15, 0.2) is 12.1 Å².